The van der Waals surface area contributed by atoms with Crippen molar-refractivity contribution in [3.8, 4) is 5.75 Å². The zero-order valence-electron chi connectivity index (χ0n) is 12.4. The van der Waals surface area contributed by atoms with Crippen LogP contribution in [0, 0.1) is 0 Å². The number of anilines is 1. The van der Waals surface area contributed by atoms with E-state index in [4.69, 9.17) is 4.74 Å². The number of aliphatic hydroxyl groups is 1. The molecule has 1 heterocycles. The molecule has 0 aliphatic carbocycles. The summed E-state index contributed by atoms with van der Waals surface area (Å²) in [5.41, 5.74) is 1.40. The van der Waals surface area contributed by atoms with Crippen molar-refractivity contribution in [1.29, 1.82) is 0 Å². The number of benzene rings is 2. The Balaban J connectivity index is 2.08. The molecule has 3 rings (SSSR count). The van der Waals surface area contributed by atoms with E-state index in [1.807, 2.05) is 31.2 Å². The van der Waals surface area contributed by atoms with Gasteiger partial charge in [-0.15, -0.1) is 0 Å². The van der Waals surface area contributed by atoms with Crippen LogP contribution in [-0.2, 0) is 9.73 Å². The van der Waals surface area contributed by atoms with Gasteiger partial charge in [-0.3, -0.25) is 4.79 Å². The molecule has 1 amide bonds. The number of ether oxygens (including phenoxy) is 1. The Hall–Kier alpha value is -1.98. The van der Waals surface area contributed by atoms with Crippen molar-refractivity contribution in [1.82, 2.24) is 0 Å². The van der Waals surface area contributed by atoms with Gasteiger partial charge >= 0.3 is 0 Å². The maximum Gasteiger partial charge on any atom is 0.274 e. The summed E-state index contributed by atoms with van der Waals surface area (Å²) in [6.45, 7) is 2.41. The van der Waals surface area contributed by atoms with Crippen LogP contribution in [0.25, 0.3) is 0 Å². The second kappa shape index (κ2) is 5.66. The minimum absolute atomic E-state index is 0.316. The van der Waals surface area contributed by atoms with Gasteiger partial charge in [-0.05, 0) is 31.2 Å². The average molecular weight is 315 g/mol. The van der Waals surface area contributed by atoms with Gasteiger partial charge in [-0.25, -0.2) is 0 Å². The van der Waals surface area contributed by atoms with Crippen LogP contribution in [0.1, 0.15) is 12.5 Å². The summed E-state index contributed by atoms with van der Waals surface area (Å²) in [6.07, 6.45) is 0. The molecular formula is C17H17NO3S. The number of para-hydroxylation sites is 1. The minimum atomic E-state index is -1.61. The maximum atomic E-state index is 12.8. The molecule has 1 N–H and O–H groups in total. The molecule has 2 aromatic carbocycles. The third kappa shape index (κ3) is 2.26. The van der Waals surface area contributed by atoms with Gasteiger partial charge in [0.2, 0.25) is 4.93 Å². The van der Waals surface area contributed by atoms with E-state index in [-0.39, 0.29) is 5.91 Å². The van der Waals surface area contributed by atoms with Crippen molar-refractivity contribution in [2.45, 2.75) is 16.8 Å². The van der Waals surface area contributed by atoms with E-state index in [2.05, 4.69) is 0 Å². The number of hydrogen-bond donors (Lipinski definition) is 1. The van der Waals surface area contributed by atoms with E-state index < -0.39 is 4.93 Å². The van der Waals surface area contributed by atoms with Crippen molar-refractivity contribution in [3.05, 3.63) is 54.1 Å². The first kappa shape index (κ1) is 14.9. The van der Waals surface area contributed by atoms with Gasteiger partial charge in [-0.1, -0.05) is 36.0 Å². The van der Waals surface area contributed by atoms with E-state index in [0.29, 0.717) is 17.9 Å². The summed E-state index contributed by atoms with van der Waals surface area (Å²) in [5.74, 6) is 0.372. The molecule has 2 aromatic rings. The molecule has 1 aliphatic heterocycles. The first-order chi connectivity index (χ1) is 10.6. The van der Waals surface area contributed by atoms with Gasteiger partial charge in [0.05, 0.1) is 12.8 Å². The zero-order valence-corrected chi connectivity index (χ0v) is 13.3. The van der Waals surface area contributed by atoms with Crippen LogP contribution in [0.5, 0.6) is 5.75 Å². The number of rotatable bonds is 3. The molecule has 0 saturated heterocycles. The fraction of sp³-hybridized carbons (Fsp3) is 0.235. The largest absolute Gasteiger partial charge is 0.497 e. The molecule has 0 aromatic heterocycles. The second-order valence-electron chi connectivity index (χ2n) is 4.99. The Morgan fingerprint density at radius 1 is 1.18 bits per heavy atom. The second-order valence-corrected chi connectivity index (χ2v) is 6.23. The molecule has 1 aliphatic rings. The number of thioether (sulfide) groups is 1. The van der Waals surface area contributed by atoms with Crippen molar-refractivity contribution < 1.29 is 14.6 Å². The van der Waals surface area contributed by atoms with Crippen LogP contribution in [0.4, 0.5) is 5.69 Å². The number of methoxy groups -OCH3 is 1. The lowest BCUT2D eigenvalue weighted by Gasteiger charge is -2.38. The van der Waals surface area contributed by atoms with E-state index >= 15 is 0 Å². The number of carbonyl (C=O) groups is 1. The predicted molar refractivity (Wildman–Crippen MR) is 87.2 cm³/mol. The standard InChI is InChI=1S/C17H17NO3S/c1-3-18-14-6-4-5-7-15(14)22-17(20,16(18)19)12-8-10-13(21-2)11-9-12/h4-11,20H,3H2,1-2H3. The monoisotopic (exact) mass is 315 g/mol. The summed E-state index contributed by atoms with van der Waals surface area (Å²) in [7, 11) is 1.58. The van der Waals surface area contributed by atoms with Gasteiger partial charge < -0.3 is 14.7 Å². The third-order valence-corrected chi connectivity index (χ3v) is 5.02. The first-order valence-corrected chi connectivity index (χ1v) is 7.88. The molecule has 1 atom stereocenters. The van der Waals surface area contributed by atoms with E-state index in [1.165, 1.54) is 11.8 Å². The van der Waals surface area contributed by atoms with Crippen LogP contribution in [0.3, 0.4) is 0 Å². The third-order valence-electron chi connectivity index (χ3n) is 3.75. The summed E-state index contributed by atoms with van der Waals surface area (Å²) in [5, 5.41) is 11.1. The maximum absolute atomic E-state index is 12.8. The molecule has 0 radical (unpaired) electrons. The highest BCUT2D eigenvalue weighted by atomic mass is 32.2. The lowest BCUT2D eigenvalue weighted by Crippen LogP contribution is -2.48. The number of hydrogen-bond acceptors (Lipinski definition) is 4. The minimum Gasteiger partial charge on any atom is -0.497 e. The Morgan fingerprint density at radius 2 is 1.86 bits per heavy atom. The summed E-state index contributed by atoms with van der Waals surface area (Å²) >= 11 is 1.18. The lowest BCUT2D eigenvalue weighted by molar-refractivity contribution is -0.129. The molecular weight excluding hydrogens is 298 g/mol. The van der Waals surface area contributed by atoms with Crippen molar-refractivity contribution >= 4 is 23.4 Å². The smallest absolute Gasteiger partial charge is 0.274 e. The fourth-order valence-corrected chi connectivity index (χ4v) is 3.77. The summed E-state index contributed by atoms with van der Waals surface area (Å²) in [4.78, 5) is 13.7. The van der Waals surface area contributed by atoms with Crippen LogP contribution in [0.15, 0.2) is 53.4 Å². The Bertz CT molecular complexity index is 701. The van der Waals surface area contributed by atoms with E-state index in [0.717, 1.165) is 10.6 Å². The van der Waals surface area contributed by atoms with Gasteiger partial charge in [0.25, 0.3) is 5.91 Å². The average Bonchev–Trinajstić information content (AvgIpc) is 2.56. The molecule has 1 unspecified atom stereocenters. The molecule has 22 heavy (non-hydrogen) atoms. The SMILES string of the molecule is CCN1C(=O)C(O)(c2ccc(OC)cc2)Sc2ccccc21. The van der Waals surface area contributed by atoms with Gasteiger partial charge in [0, 0.05) is 17.0 Å². The molecule has 0 bridgehead atoms. The Morgan fingerprint density at radius 3 is 2.50 bits per heavy atom. The normalized spacial score (nSPS) is 20.7. The quantitative estimate of drug-likeness (QED) is 0.946. The lowest BCUT2D eigenvalue weighted by atomic mass is 10.1. The number of nitrogens with zero attached hydrogens (tertiary/aromatic N) is 1. The van der Waals surface area contributed by atoms with Gasteiger partial charge in [-0.2, -0.15) is 0 Å². The van der Waals surface area contributed by atoms with Crippen molar-refractivity contribution in [3.63, 3.8) is 0 Å². The molecule has 0 spiro atoms. The highest BCUT2D eigenvalue weighted by Gasteiger charge is 2.46. The van der Waals surface area contributed by atoms with Crippen LogP contribution >= 0.6 is 11.8 Å². The number of amides is 1. The summed E-state index contributed by atoms with van der Waals surface area (Å²) in [6, 6.07) is 14.6. The topological polar surface area (TPSA) is 49.8 Å². The molecule has 0 fully saturated rings. The number of likely N-dealkylation sites (N-methyl/N-ethyl adjacent to an activating group) is 1. The highest BCUT2D eigenvalue weighted by molar-refractivity contribution is 8.01. The summed E-state index contributed by atoms with van der Waals surface area (Å²) < 4.78 is 5.13. The Labute approximate surface area is 133 Å². The van der Waals surface area contributed by atoms with Crippen LogP contribution < -0.4 is 9.64 Å². The van der Waals surface area contributed by atoms with E-state index in [1.54, 1.807) is 36.3 Å². The fourth-order valence-electron chi connectivity index (χ4n) is 2.57. The molecule has 114 valence electrons. The number of carbonyl (C=O) groups excluding carboxylic acids is 1. The molecule has 4 nitrogen and oxygen atoms in total. The van der Waals surface area contributed by atoms with Crippen molar-refractivity contribution in [2.75, 3.05) is 18.6 Å². The van der Waals surface area contributed by atoms with Crippen LogP contribution in [-0.4, -0.2) is 24.7 Å². The van der Waals surface area contributed by atoms with Gasteiger partial charge in [0.1, 0.15) is 5.75 Å². The Kier molecular flexibility index (Phi) is 3.85. The van der Waals surface area contributed by atoms with Crippen molar-refractivity contribution in [2.24, 2.45) is 0 Å². The van der Waals surface area contributed by atoms with Gasteiger partial charge in [0.15, 0.2) is 0 Å². The highest BCUT2D eigenvalue weighted by Crippen LogP contribution is 2.49. The zero-order chi connectivity index (χ0) is 15.7. The first-order valence-electron chi connectivity index (χ1n) is 7.07. The molecule has 0 saturated carbocycles. The van der Waals surface area contributed by atoms with E-state index in [9.17, 15) is 9.90 Å². The number of fused-ring (bicyclic) bond motifs is 1. The van der Waals surface area contributed by atoms with Crippen LogP contribution in [0.2, 0.25) is 0 Å². The predicted octanol–water partition coefficient (Wildman–Crippen LogP) is 3.00. The molecule has 5 heteroatoms.